The zero-order valence-corrected chi connectivity index (χ0v) is 19.0. The van der Waals surface area contributed by atoms with Crippen LogP contribution in [0.25, 0.3) is 0 Å². The molecule has 0 saturated heterocycles. The lowest BCUT2D eigenvalue weighted by molar-refractivity contribution is -0.120. The van der Waals surface area contributed by atoms with E-state index in [4.69, 9.17) is 9.47 Å². The second kappa shape index (κ2) is 8.75. The fourth-order valence-corrected chi connectivity index (χ4v) is 4.57. The number of benzene rings is 2. The van der Waals surface area contributed by atoms with Crippen LogP contribution in [0, 0.1) is 0 Å². The SMILES string of the molecule is CC(NC(=O)CN(c1ccc2c(c1)OCCO2)S(C)(=O)=O)c1ccc(S(C)(=O)=O)cc1. The summed E-state index contributed by atoms with van der Waals surface area (Å²) in [4.78, 5) is 12.8. The van der Waals surface area contributed by atoms with E-state index in [0.717, 1.165) is 16.8 Å². The highest BCUT2D eigenvalue weighted by Crippen LogP contribution is 2.34. The third-order valence-electron chi connectivity index (χ3n) is 4.69. The molecule has 0 saturated carbocycles. The number of rotatable bonds is 7. The number of ether oxygens (including phenoxy) is 2. The highest BCUT2D eigenvalue weighted by molar-refractivity contribution is 7.92. The topological polar surface area (TPSA) is 119 Å². The second-order valence-corrected chi connectivity index (χ2v) is 11.2. The van der Waals surface area contributed by atoms with Crippen molar-refractivity contribution in [3.8, 4) is 11.5 Å². The lowest BCUT2D eigenvalue weighted by atomic mass is 10.1. The summed E-state index contributed by atoms with van der Waals surface area (Å²) in [5, 5.41) is 2.74. The van der Waals surface area contributed by atoms with Gasteiger partial charge in [0.15, 0.2) is 21.3 Å². The Labute approximate surface area is 181 Å². The minimum Gasteiger partial charge on any atom is -0.486 e. The van der Waals surface area contributed by atoms with Crippen LogP contribution in [0.5, 0.6) is 11.5 Å². The average molecular weight is 469 g/mol. The maximum atomic E-state index is 12.6. The Morgan fingerprint density at radius 2 is 1.61 bits per heavy atom. The largest absolute Gasteiger partial charge is 0.486 e. The zero-order valence-electron chi connectivity index (χ0n) is 17.4. The monoisotopic (exact) mass is 468 g/mol. The number of anilines is 1. The first-order valence-electron chi connectivity index (χ1n) is 9.42. The van der Waals surface area contributed by atoms with Gasteiger partial charge in [0.2, 0.25) is 15.9 Å². The predicted molar refractivity (Wildman–Crippen MR) is 116 cm³/mol. The summed E-state index contributed by atoms with van der Waals surface area (Å²) in [6.45, 7) is 2.06. The van der Waals surface area contributed by atoms with Gasteiger partial charge < -0.3 is 14.8 Å². The van der Waals surface area contributed by atoms with Crippen molar-refractivity contribution in [2.24, 2.45) is 0 Å². The third kappa shape index (κ3) is 5.67. The summed E-state index contributed by atoms with van der Waals surface area (Å²) in [5.41, 5.74) is 0.970. The van der Waals surface area contributed by atoms with Crippen molar-refractivity contribution in [2.75, 3.05) is 36.6 Å². The Kier molecular flexibility index (Phi) is 6.46. The van der Waals surface area contributed by atoms with E-state index >= 15 is 0 Å². The number of sulfone groups is 1. The van der Waals surface area contributed by atoms with Crippen molar-refractivity contribution in [3.05, 3.63) is 48.0 Å². The van der Waals surface area contributed by atoms with Gasteiger partial charge in [-0.05, 0) is 36.8 Å². The molecule has 0 aliphatic carbocycles. The molecule has 0 aromatic heterocycles. The fraction of sp³-hybridized carbons (Fsp3) is 0.350. The zero-order chi connectivity index (χ0) is 22.8. The molecule has 2 aromatic rings. The van der Waals surface area contributed by atoms with E-state index in [0.29, 0.717) is 30.3 Å². The van der Waals surface area contributed by atoms with Gasteiger partial charge >= 0.3 is 0 Å². The number of hydrogen-bond donors (Lipinski definition) is 1. The standard InChI is InChI=1S/C20H24N2O7S2/c1-14(15-4-7-17(8-5-15)30(2,24)25)21-20(23)13-22(31(3,26)27)16-6-9-18-19(12-16)29-11-10-28-18/h4-9,12,14H,10-11,13H2,1-3H3,(H,21,23). The fourth-order valence-electron chi connectivity index (χ4n) is 3.09. The third-order valence-corrected chi connectivity index (χ3v) is 6.96. The molecule has 0 radical (unpaired) electrons. The van der Waals surface area contributed by atoms with Gasteiger partial charge in [0.05, 0.1) is 22.9 Å². The first kappa shape index (κ1) is 22.9. The molecule has 1 unspecified atom stereocenters. The van der Waals surface area contributed by atoms with Crippen LogP contribution >= 0.6 is 0 Å². The number of fused-ring (bicyclic) bond motifs is 1. The van der Waals surface area contributed by atoms with E-state index in [9.17, 15) is 21.6 Å². The molecular weight excluding hydrogens is 444 g/mol. The molecule has 168 valence electrons. The summed E-state index contributed by atoms with van der Waals surface area (Å²) >= 11 is 0. The summed E-state index contributed by atoms with van der Waals surface area (Å²) in [7, 11) is -7.07. The molecule has 9 nitrogen and oxygen atoms in total. The Morgan fingerprint density at radius 3 is 2.19 bits per heavy atom. The van der Waals surface area contributed by atoms with E-state index in [1.54, 1.807) is 31.2 Å². The number of nitrogens with one attached hydrogen (secondary N) is 1. The summed E-state index contributed by atoms with van der Waals surface area (Å²) in [6, 6.07) is 10.4. The summed E-state index contributed by atoms with van der Waals surface area (Å²) in [6.07, 6.45) is 2.13. The molecule has 1 amide bonds. The Balaban J connectivity index is 1.74. The molecule has 1 heterocycles. The number of carbonyl (C=O) groups excluding carboxylic acids is 1. The molecular formula is C20H24N2O7S2. The molecule has 1 aliphatic heterocycles. The van der Waals surface area contributed by atoms with Crippen LogP contribution in [0.4, 0.5) is 5.69 Å². The minimum absolute atomic E-state index is 0.177. The summed E-state index contributed by atoms with van der Waals surface area (Å²) in [5.74, 6) is 0.413. The lowest BCUT2D eigenvalue weighted by Gasteiger charge is -2.25. The maximum Gasteiger partial charge on any atom is 0.241 e. The van der Waals surface area contributed by atoms with Crippen molar-refractivity contribution >= 4 is 31.5 Å². The highest BCUT2D eigenvalue weighted by Gasteiger charge is 2.24. The van der Waals surface area contributed by atoms with Crippen molar-refractivity contribution in [1.82, 2.24) is 5.32 Å². The Hall–Kier alpha value is -2.79. The number of carbonyl (C=O) groups is 1. The van der Waals surface area contributed by atoms with Gasteiger partial charge in [0, 0.05) is 12.3 Å². The molecule has 0 bridgehead atoms. The molecule has 1 N–H and O–H groups in total. The molecule has 31 heavy (non-hydrogen) atoms. The predicted octanol–water partition coefficient (Wildman–Crippen LogP) is 1.50. The smallest absolute Gasteiger partial charge is 0.241 e. The van der Waals surface area contributed by atoms with Gasteiger partial charge in [-0.15, -0.1) is 0 Å². The van der Waals surface area contributed by atoms with E-state index in [2.05, 4.69) is 5.32 Å². The van der Waals surface area contributed by atoms with Gasteiger partial charge in [-0.3, -0.25) is 9.10 Å². The molecule has 2 aromatic carbocycles. The van der Waals surface area contributed by atoms with Gasteiger partial charge in [0.1, 0.15) is 19.8 Å². The van der Waals surface area contributed by atoms with E-state index < -0.39 is 38.4 Å². The molecule has 3 rings (SSSR count). The molecule has 0 spiro atoms. The quantitative estimate of drug-likeness (QED) is 0.654. The lowest BCUT2D eigenvalue weighted by Crippen LogP contribution is -2.41. The van der Waals surface area contributed by atoms with Crippen LogP contribution in [0.3, 0.4) is 0 Å². The highest BCUT2D eigenvalue weighted by atomic mass is 32.2. The number of nitrogens with zero attached hydrogens (tertiary/aromatic N) is 1. The van der Waals surface area contributed by atoms with Crippen molar-refractivity contribution in [1.29, 1.82) is 0 Å². The Bertz CT molecular complexity index is 1180. The first-order valence-corrected chi connectivity index (χ1v) is 13.2. The van der Waals surface area contributed by atoms with Gasteiger partial charge in [-0.1, -0.05) is 12.1 Å². The van der Waals surface area contributed by atoms with Crippen LogP contribution < -0.4 is 19.1 Å². The van der Waals surface area contributed by atoms with Crippen LogP contribution in [-0.4, -0.2) is 55.0 Å². The van der Waals surface area contributed by atoms with Gasteiger partial charge in [-0.25, -0.2) is 16.8 Å². The molecule has 1 atom stereocenters. The normalized spacial score (nSPS) is 14.5. The van der Waals surface area contributed by atoms with E-state index in [1.165, 1.54) is 18.2 Å². The first-order chi connectivity index (χ1) is 14.4. The Morgan fingerprint density at radius 1 is 1.00 bits per heavy atom. The van der Waals surface area contributed by atoms with Crippen molar-refractivity contribution in [2.45, 2.75) is 17.9 Å². The minimum atomic E-state index is -3.75. The maximum absolute atomic E-state index is 12.6. The van der Waals surface area contributed by atoms with E-state index in [1.807, 2.05) is 0 Å². The van der Waals surface area contributed by atoms with Crippen molar-refractivity contribution in [3.63, 3.8) is 0 Å². The van der Waals surface area contributed by atoms with Gasteiger partial charge in [-0.2, -0.15) is 0 Å². The van der Waals surface area contributed by atoms with Crippen LogP contribution in [0.1, 0.15) is 18.5 Å². The van der Waals surface area contributed by atoms with Crippen LogP contribution in [0.15, 0.2) is 47.4 Å². The van der Waals surface area contributed by atoms with E-state index in [-0.39, 0.29) is 10.6 Å². The van der Waals surface area contributed by atoms with Crippen LogP contribution in [0.2, 0.25) is 0 Å². The summed E-state index contributed by atoms with van der Waals surface area (Å²) < 4.78 is 59.8. The number of hydrogen-bond acceptors (Lipinski definition) is 7. The molecule has 0 fully saturated rings. The molecule has 1 aliphatic rings. The van der Waals surface area contributed by atoms with Crippen molar-refractivity contribution < 1.29 is 31.1 Å². The number of amides is 1. The average Bonchev–Trinajstić information content (AvgIpc) is 2.70. The van der Waals surface area contributed by atoms with Gasteiger partial charge in [0.25, 0.3) is 0 Å². The number of sulfonamides is 1. The second-order valence-electron chi connectivity index (χ2n) is 7.23. The van der Waals surface area contributed by atoms with Crippen LogP contribution in [-0.2, 0) is 24.7 Å². The molecule has 11 heteroatoms.